The molecule has 0 aromatic carbocycles. The molecule has 0 bridgehead atoms. The van der Waals surface area contributed by atoms with E-state index in [-0.39, 0.29) is 0 Å². The quantitative estimate of drug-likeness (QED) is 0.808. The number of rotatable bonds is 6. The molecule has 0 unspecified atom stereocenters. The molecule has 0 saturated carbocycles. The molecule has 0 aliphatic carbocycles. The van der Waals surface area contributed by atoms with Crippen LogP contribution in [0.5, 0.6) is 0 Å². The Labute approximate surface area is 149 Å². The van der Waals surface area contributed by atoms with Crippen LogP contribution in [0.4, 0.5) is 0 Å². The minimum atomic E-state index is 0.321. The Bertz CT molecular complexity index is 646. The Morgan fingerprint density at radius 2 is 2.28 bits per heavy atom. The van der Waals surface area contributed by atoms with Crippen molar-refractivity contribution in [2.75, 3.05) is 33.3 Å². The van der Waals surface area contributed by atoms with Gasteiger partial charge in [0.15, 0.2) is 0 Å². The van der Waals surface area contributed by atoms with Crippen LogP contribution >= 0.6 is 0 Å². The molecule has 5 heteroatoms. The van der Waals surface area contributed by atoms with Crippen LogP contribution in [0.1, 0.15) is 17.7 Å². The minimum Gasteiger partial charge on any atom is -0.468 e. The Morgan fingerprint density at radius 1 is 1.32 bits per heavy atom. The number of ether oxygens (including phenoxy) is 1. The summed E-state index contributed by atoms with van der Waals surface area (Å²) in [6.45, 7) is 6.00. The van der Waals surface area contributed by atoms with E-state index in [2.05, 4.69) is 27.9 Å². The van der Waals surface area contributed by atoms with Crippen molar-refractivity contribution >= 4 is 0 Å². The molecule has 2 aromatic rings. The number of hydrogen-bond donors (Lipinski definition) is 0. The number of piperidine rings is 1. The zero-order valence-corrected chi connectivity index (χ0v) is 14.9. The lowest BCUT2D eigenvalue weighted by atomic mass is 9.84. The number of furan rings is 1. The van der Waals surface area contributed by atoms with Gasteiger partial charge in [-0.15, -0.1) is 0 Å². The van der Waals surface area contributed by atoms with Gasteiger partial charge >= 0.3 is 0 Å². The molecule has 2 aromatic heterocycles. The molecule has 25 heavy (non-hydrogen) atoms. The number of aromatic nitrogens is 1. The van der Waals surface area contributed by atoms with Gasteiger partial charge < -0.3 is 9.15 Å². The van der Waals surface area contributed by atoms with Gasteiger partial charge in [0, 0.05) is 37.9 Å². The summed E-state index contributed by atoms with van der Waals surface area (Å²) in [6, 6.07) is 8.17. The summed E-state index contributed by atoms with van der Waals surface area (Å²) in [6.07, 6.45) is 7.12. The lowest BCUT2D eigenvalue weighted by Gasteiger charge is -2.36. The first kappa shape index (κ1) is 16.8. The number of fused-ring (bicyclic) bond motifs is 1. The molecule has 2 saturated heterocycles. The smallest absolute Gasteiger partial charge is 0.117 e. The molecule has 3 atom stereocenters. The lowest BCUT2D eigenvalue weighted by molar-refractivity contribution is 0.0459. The standard InChI is InChI=1S/C20H27N3O2/c1-22(12-18-5-3-9-24-18)14-20-19-13-23(8-6-17(19)15-25-20)11-16-4-2-7-21-10-16/h2-5,7,9-10,17,19-20H,6,8,11-15H2,1H3/t17-,19-,20+/m0/s1. The second-order valence-electron chi connectivity index (χ2n) is 7.46. The monoisotopic (exact) mass is 341 g/mol. The number of likely N-dealkylation sites (tertiary alicyclic amines) is 1. The number of likely N-dealkylation sites (N-methyl/N-ethyl adjacent to an activating group) is 1. The van der Waals surface area contributed by atoms with E-state index < -0.39 is 0 Å². The maximum absolute atomic E-state index is 6.18. The molecule has 0 spiro atoms. The highest BCUT2D eigenvalue weighted by Crippen LogP contribution is 2.35. The van der Waals surface area contributed by atoms with E-state index >= 15 is 0 Å². The fourth-order valence-electron chi connectivity index (χ4n) is 4.22. The van der Waals surface area contributed by atoms with Crippen LogP contribution in [0.15, 0.2) is 47.3 Å². The summed E-state index contributed by atoms with van der Waals surface area (Å²) >= 11 is 0. The zero-order chi connectivity index (χ0) is 17.1. The molecular formula is C20H27N3O2. The summed E-state index contributed by atoms with van der Waals surface area (Å²) in [5, 5.41) is 0. The lowest BCUT2D eigenvalue weighted by Crippen LogP contribution is -2.44. The largest absolute Gasteiger partial charge is 0.468 e. The first-order valence-electron chi connectivity index (χ1n) is 9.22. The topological polar surface area (TPSA) is 41.7 Å². The van der Waals surface area contributed by atoms with E-state index in [1.54, 1.807) is 6.26 Å². The SMILES string of the molecule is CN(Cc1ccco1)C[C@H]1OC[C@@H]2CCN(Cc3cccnc3)C[C@@H]21. The van der Waals surface area contributed by atoms with Gasteiger partial charge in [0.1, 0.15) is 5.76 Å². The average molecular weight is 341 g/mol. The third-order valence-electron chi connectivity index (χ3n) is 5.52. The Kier molecular flexibility index (Phi) is 5.15. The van der Waals surface area contributed by atoms with Gasteiger partial charge in [-0.3, -0.25) is 14.8 Å². The maximum atomic E-state index is 6.18. The van der Waals surface area contributed by atoms with Crippen molar-refractivity contribution in [3.8, 4) is 0 Å². The first-order valence-corrected chi connectivity index (χ1v) is 9.22. The second kappa shape index (κ2) is 7.68. The third-order valence-corrected chi connectivity index (χ3v) is 5.52. The zero-order valence-electron chi connectivity index (χ0n) is 14.9. The Hall–Kier alpha value is -1.69. The fourth-order valence-corrected chi connectivity index (χ4v) is 4.22. The van der Waals surface area contributed by atoms with E-state index in [4.69, 9.17) is 9.15 Å². The molecule has 0 amide bonds. The van der Waals surface area contributed by atoms with Gasteiger partial charge in [-0.05, 0) is 49.7 Å². The average Bonchev–Trinajstić information content (AvgIpc) is 3.26. The van der Waals surface area contributed by atoms with Gasteiger partial charge in [-0.2, -0.15) is 0 Å². The molecule has 2 aliphatic heterocycles. The predicted octanol–water partition coefficient (Wildman–Crippen LogP) is 2.64. The van der Waals surface area contributed by atoms with E-state index in [0.29, 0.717) is 17.9 Å². The second-order valence-corrected chi connectivity index (χ2v) is 7.46. The van der Waals surface area contributed by atoms with Crippen LogP contribution in [-0.4, -0.2) is 54.2 Å². The maximum Gasteiger partial charge on any atom is 0.117 e. The highest BCUT2D eigenvalue weighted by molar-refractivity contribution is 5.08. The van der Waals surface area contributed by atoms with Crippen molar-refractivity contribution in [1.82, 2.24) is 14.8 Å². The summed E-state index contributed by atoms with van der Waals surface area (Å²) in [4.78, 5) is 9.11. The van der Waals surface area contributed by atoms with Gasteiger partial charge in [-0.1, -0.05) is 6.07 Å². The first-order chi connectivity index (χ1) is 12.3. The van der Waals surface area contributed by atoms with E-state index in [0.717, 1.165) is 45.1 Å². The van der Waals surface area contributed by atoms with Gasteiger partial charge in [0.05, 0.1) is 25.5 Å². The highest BCUT2D eigenvalue weighted by atomic mass is 16.5. The number of nitrogens with zero attached hydrogens (tertiary/aromatic N) is 3. The van der Waals surface area contributed by atoms with Crippen molar-refractivity contribution in [2.45, 2.75) is 25.6 Å². The summed E-state index contributed by atoms with van der Waals surface area (Å²) in [5.41, 5.74) is 1.30. The summed E-state index contributed by atoms with van der Waals surface area (Å²) in [7, 11) is 2.15. The van der Waals surface area contributed by atoms with Gasteiger partial charge in [0.2, 0.25) is 0 Å². The van der Waals surface area contributed by atoms with E-state index in [1.165, 1.54) is 12.0 Å². The van der Waals surface area contributed by atoms with Crippen molar-refractivity contribution in [1.29, 1.82) is 0 Å². The van der Waals surface area contributed by atoms with Crippen LogP contribution in [0.25, 0.3) is 0 Å². The molecule has 4 rings (SSSR count). The van der Waals surface area contributed by atoms with Crippen molar-refractivity contribution in [3.05, 3.63) is 54.2 Å². The normalized spacial score (nSPS) is 26.9. The summed E-state index contributed by atoms with van der Waals surface area (Å²) < 4.78 is 11.6. The molecule has 0 N–H and O–H groups in total. The third kappa shape index (κ3) is 4.11. The molecule has 134 valence electrons. The number of pyridine rings is 1. The van der Waals surface area contributed by atoms with Crippen LogP contribution < -0.4 is 0 Å². The Morgan fingerprint density at radius 3 is 3.08 bits per heavy atom. The van der Waals surface area contributed by atoms with E-state index in [1.807, 2.05) is 30.6 Å². The van der Waals surface area contributed by atoms with E-state index in [9.17, 15) is 0 Å². The predicted molar refractivity (Wildman–Crippen MR) is 95.9 cm³/mol. The van der Waals surface area contributed by atoms with Crippen LogP contribution in [0, 0.1) is 11.8 Å². The van der Waals surface area contributed by atoms with Crippen LogP contribution in [0.3, 0.4) is 0 Å². The molecule has 2 aliphatic rings. The van der Waals surface area contributed by atoms with Crippen LogP contribution in [0.2, 0.25) is 0 Å². The van der Waals surface area contributed by atoms with Crippen molar-refractivity contribution in [3.63, 3.8) is 0 Å². The molecule has 4 heterocycles. The highest BCUT2D eigenvalue weighted by Gasteiger charge is 2.41. The van der Waals surface area contributed by atoms with Gasteiger partial charge in [0.25, 0.3) is 0 Å². The Balaban J connectivity index is 1.33. The number of hydrogen-bond acceptors (Lipinski definition) is 5. The van der Waals surface area contributed by atoms with Crippen molar-refractivity contribution in [2.24, 2.45) is 11.8 Å². The van der Waals surface area contributed by atoms with Gasteiger partial charge in [-0.25, -0.2) is 0 Å². The minimum absolute atomic E-state index is 0.321. The molecule has 5 nitrogen and oxygen atoms in total. The van der Waals surface area contributed by atoms with Crippen LogP contribution in [-0.2, 0) is 17.8 Å². The van der Waals surface area contributed by atoms with Crippen molar-refractivity contribution < 1.29 is 9.15 Å². The molecular weight excluding hydrogens is 314 g/mol. The summed E-state index contributed by atoms with van der Waals surface area (Å²) in [5.74, 6) is 2.36. The fraction of sp³-hybridized carbons (Fsp3) is 0.550. The molecule has 2 fully saturated rings. The molecule has 0 radical (unpaired) electrons.